The Morgan fingerprint density at radius 1 is 1.16 bits per heavy atom. The first kappa shape index (κ1) is 18.8. The van der Waals surface area contributed by atoms with Gasteiger partial charge in [0.05, 0.1) is 17.1 Å². The summed E-state index contributed by atoms with van der Waals surface area (Å²) in [6.07, 6.45) is 0.195. The van der Waals surface area contributed by atoms with Gasteiger partial charge in [0, 0.05) is 24.3 Å². The average Bonchev–Trinajstić information content (AvgIpc) is 2.57. The molecule has 0 aromatic heterocycles. The molecule has 0 unspecified atom stereocenters. The summed E-state index contributed by atoms with van der Waals surface area (Å²) in [5, 5.41) is 3.15. The van der Waals surface area contributed by atoms with Gasteiger partial charge in [0.25, 0.3) is 5.91 Å². The maximum absolute atomic E-state index is 12.4. The van der Waals surface area contributed by atoms with Crippen LogP contribution < -0.4 is 11.1 Å². The molecule has 2 aromatic carbocycles. The van der Waals surface area contributed by atoms with Crippen molar-refractivity contribution in [1.82, 2.24) is 4.90 Å². The number of carbonyl (C=O) groups excluding carboxylic acids is 2. The van der Waals surface area contributed by atoms with E-state index in [4.69, 9.17) is 17.3 Å². The van der Waals surface area contributed by atoms with Gasteiger partial charge in [-0.3, -0.25) is 9.59 Å². The van der Waals surface area contributed by atoms with Crippen molar-refractivity contribution in [2.45, 2.75) is 26.3 Å². The van der Waals surface area contributed by atoms with E-state index in [1.807, 2.05) is 13.8 Å². The third-order valence-corrected chi connectivity index (χ3v) is 4.26. The molecule has 132 valence electrons. The Labute approximate surface area is 152 Å². The molecule has 25 heavy (non-hydrogen) atoms. The van der Waals surface area contributed by atoms with E-state index in [-0.39, 0.29) is 24.3 Å². The zero-order chi connectivity index (χ0) is 18.6. The molecule has 0 fully saturated rings. The van der Waals surface area contributed by atoms with Crippen LogP contribution in [0.2, 0.25) is 5.02 Å². The Bertz CT molecular complexity index is 773. The highest BCUT2D eigenvalue weighted by molar-refractivity contribution is 6.33. The second-order valence-corrected chi connectivity index (χ2v) is 6.58. The van der Waals surface area contributed by atoms with Crippen LogP contribution in [-0.4, -0.2) is 29.8 Å². The highest BCUT2D eigenvalue weighted by Crippen LogP contribution is 2.24. The van der Waals surface area contributed by atoms with Crippen molar-refractivity contribution in [1.29, 1.82) is 0 Å². The molecule has 0 aliphatic heterocycles. The molecular weight excluding hydrogens is 338 g/mol. The van der Waals surface area contributed by atoms with Gasteiger partial charge in [0.2, 0.25) is 5.91 Å². The molecule has 0 saturated heterocycles. The minimum absolute atomic E-state index is 0.0757. The SMILES string of the molecule is CC(C)N(C)C(=O)c1ccc(Cl)c(NC(=O)Cc2ccc(N)cc2)c1. The number of carbonyl (C=O) groups is 2. The summed E-state index contributed by atoms with van der Waals surface area (Å²) in [6, 6.07) is 12.0. The van der Waals surface area contributed by atoms with E-state index in [2.05, 4.69) is 5.32 Å². The normalized spacial score (nSPS) is 10.6. The molecule has 0 radical (unpaired) electrons. The second kappa shape index (κ2) is 8.03. The fourth-order valence-corrected chi connectivity index (χ4v) is 2.37. The number of rotatable bonds is 5. The lowest BCUT2D eigenvalue weighted by atomic mass is 10.1. The van der Waals surface area contributed by atoms with Crippen molar-refractivity contribution >= 4 is 34.8 Å². The largest absolute Gasteiger partial charge is 0.399 e. The predicted octanol–water partition coefficient (Wildman–Crippen LogP) is 3.58. The van der Waals surface area contributed by atoms with E-state index < -0.39 is 0 Å². The number of hydrogen-bond donors (Lipinski definition) is 2. The van der Waals surface area contributed by atoms with E-state index in [0.29, 0.717) is 22.0 Å². The smallest absolute Gasteiger partial charge is 0.253 e. The van der Waals surface area contributed by atoms with Crippen LogP contribution in [0.15, 0.2) is 42.5 Å². The lowest BCUT2D eigenvalue weighted by Gasteiger charge is -2.22. The maximum Gasteiger partial charge on any atom is 0.253 e. The molecule has 2 aromatic rings. The maximum atomic E-state index is 12.4. The molecule has 5 nitrogen and oxygen atoms in total. The quantitative estimate of drug-likeness (QED) is 0.801. The van der Waals surface area contributed by atoms with Crippen LogP contribution in [0.5, 0.6) is 0 Å². The lowest BCUT2D eigenvalue weighted by Crippen LogP contribution is -2.33. The van der Waals surface area contributed by atoms with Crippen LogP contribution in [0.1, 0.15) is 29.8 Å². The van der Waals surface area contributed by atoms with Crippen LogP contribution in [0.3, 0.4) is 0 Å². The molecule has 0 heterocycles. The van der Waals surface area contributed by atoms with E-state index in [9.17, 15) is 9.59 Å². The monoisotopic (exact) mass is 359 g/mol. The van der Waals surface area contributed by atoms with Crippen LogP contribution in [0, 0.1) is 0 Å². The second-order valence-electron chi connectivity index (χ2n) is 6.17. The van der Waals surface area contributed by atoms with Gasteiger partial charge < -0.3 is 16.0 Å². The molecule has 0 spiro atoms. The Hall–Kier alpha value is -2.53. The van der Waals surface area contributed by atoms with Gasteiger partial charge in [0.1, 0.15) is 0 Å². The van der Waals surface area contributed by atoms with Gasteiger partial charge in [0.15, 0.2) is 0 Å². The highest BCUT2D eigenvalue weighted by Gasteiger charge is 2.16. The van der Waals surface area contributed by atoms with E-state index in [1.54, 1.807) is 54.4 Å². The van der Waals surface area contributed by atoms with Crippen molar-refractivity contribution in [2.24, 2.45) is 0 Å². The molecule has 2 rings (SSSR count). The summed E-state index contributed by atoms with van der Waals surface area (Å²) >= 11 is 6.15. The van der Waals surface area contributed by atoms with Gasteiger partial charge in [-0.05, 0) is 49.7 Å². The van der Waals surface area contributed by atoms with Crippen LogP contribution in [-0.2, 0) is 11.2 Å². The molecule has 2 amide bonds. The first-order valence-corrected chi connectivity index (χ1v) is 8.36. The van der Waals surface area contributed by atoms with Gasteiger partial charge in [-0.15, -0.1) is 0 Å². The molecule has 0 atom stereocenters. The zero-order valence-corrected chi connectivity index (χ0v) is 15.3. The van der Waals surface area contributed by atoms with Crippen LogP contribution >= 0.6 is 11.6 Å². The number of benzene rings is 2. The number of hydrogen-bond acceptors (Lipinski definition) is 3. The topological polar surface area (TPSA) is 75.4 Å². The average molecular weight is 360 g/mol. The molecule has 6 heteroatoms. The van der Waals surface area contributed by atoms with Crippen LogP contribution in [0.4, 0.5) is 11.4 Å². The van der Waals surface area contributed by atoms with Gasteiger partial charge >= 0.3 is 0 Å². The van der Waals surface area contributed by atoms with Crippen molar-refractivity contribution < 1.29 is 9.59 Å². The number of amides is 2. The Morgan fingerprint density at radius 3 is 2.40 bits per heavy atom. The first-order valence-electron chi connectivity index (χ1n) is 7.99. The first-order chi connectivity index (χ1) is 11.8. The van der Waals surface area contributed by atoms with Gasteiger partial charge in [-0.1, -0.05) is 23.7 Å². The Balaban J connectivity index is 2.13. The number of halogens is 1. The van der Waals surface area contributed by atoms with Gasteiger partial charge in [-0.2, -0.15) is 0 Å². The van der Waals surface area contributed by atoms with Crippen molar-refractivity contribution in [3.8, 4) is 0 Å². The van der Waals surface area contributed by atoms with Crippen molar-refractivity contribution in [3.63, 3.8) is 0 Å². The Kier molecular flexibility index (Phi) is 6.04. The van der Waals surface area contributed by atoms with Crippen molar-refractivity contribution in [2.75, 3.05) is 18.1 Å². The Morgan fingerprint density at radius 2 is 1.80 bits per heavy atom. The molecule has 0 saturated carbocycles. The number of nitrogens with two attached hydrogens (primary N) is 1. The van der Waals surface area contributed by atoms with Crippen molar-refractivity contribution in [3.05, 3.63) is 58.6 Å². The molecule has 0 aliphatic rings. The minimum atomic E-state index is -0.214. The minimum Gasteiger partial charge on any atom is -0.399 e. The third-order valence-electron chi connectivity index (χ3n) is 3.93. The summed E-state index contributed by atoms with van der Waals surface area (Å²) in [5.74, 6) is -0.339. The van der Waals surface area contributed by atoms with E-state index in [1.165, 1.54) is 0 Å². The van der Waals surface area contributed by atoms with Crippen LogP contribution in [0.25, 0.3) is 0 Å². The van der Waals surface area contributed by atoms with Gasteiger partial charge in [-0.25, -0.2) is 0 Å². The van der Waals surface area contributed by atoms with E-state index in [0.717, 1.165) is 5.56 Å². The highest BCUT2D eigenvalue weighted by atomic mass is 35.5. The molecule has 3 N–H and O–H groups in total. The predicted molar refractivity (Wildman–Crippen MR) is 102 cm³/mol. The molecule has 0 bridgehead atoms. The molecular formula is C19H22ClN3O2. The third kappa shape index (κ3) is 4.97. The number of anilines is 2. The number of nitrogens with one attached hydrogen (secondary N) is 1. The standard InChI is InChI=1S/C19H22ClN3O2/c1-12(2)23(3)19(25)14-6-9-16(20)17(11-14)22-18(24)10-13-4-7-15(21)8-5-13/h4-9,11-12H,10,21H2,1-3H3,(H,22,24). The summed E-state index contributed by atoms with van der Waals surface area (Å²) in [7, 11) is 1.74. The zero-order valence-electron chi connectivity index (χ0n) is 14.5. The molecule has 0 aliphatic carbocycles. The lowest BCUT2D eigenvalue weighted by molar-refractivity contribution is -0.115. The number of nitrogen functional groups attached to an aromatic ring is 1. The fraction of sp³-hybridized carbons (Fsp3) is 0.263. The summed E-state index contributed by atoms with van der Waals surface area (Å²) in [4.78, 5) is 26.3. The summed E-state index contributed by atoms with van der Waals surface area (Å²) in [5.41, 5.74) is 8.02. The summed E-state index contributed by atoms with van der Waals surface area (Å²) < 4.78 is 0. The number of nitrogens with zero attached hydrogens (tertiary/aromatic N) is 1. The van der Waals surface area contributed by atoms with E-state index >= 15 is 0 Å². The summed E-state index contributed by atoms with van der Waals surface area (Å²) in [6.45, 7) is 3.87. The fourth-order valence-electron chi connectivity index (χ4n) is 2.21.